The Morgan fingerprint density at radius 2 is 1.90 bits per heavy atom. The highest BCUT2D eigenvalue weighted by molar-refractivity contribution is 5.21. The molecular formula is C17H29N3O. The Hall–Kier alpha value is -0.840. The fourth-order valence-electron chi connectivity index (χ4n) is 3.25. The third kappa shape index (κ3) is 3.68. The molecule has 21 heavy (non-hydrogen) atoms. The van der Waals surface area contributed by atoms with Crippen molar-refractivity contribution in [3.8, 4) is 0 Å². The topological polar surface area (TPSA) is 31.7 Å². The summed E-state index contributed by atoms with van der Waals surface area (Å²) in [5.41, 5.74) is 1.35. The first-order chi connectivity index (χ1) is 10.0. The summed E-state index contributed by atoms with van der Waals surface area (Å²) >= 11 is 0. The smallest absolute Gasteiger partial charge is 0.118 e. The van der Waals surface area contributed by atoms with Gasteiger partial charge in [0.05, 0.1) is 6.54 Å². The highest BCUT2D eigenvalue weighted by Gasteiger charge is 2.27. The summed E-state index contributed by atoms with van der Waals surface area (Å²) < 4.78 is 5.91. The zero-order valence-electron chi connectivity index (χ0n) is 13.9. The standard InChI is InChI=1S/C17H29N3O/c1-12-9-20(10-13(2)19(12)4)11-15-7-17(21-14(15)3)8-18-16-5-6-16/h7,12-13,16,18H,5-6,8-11H2,1-4H3. The molecule has 0 radical (unpaired) electrons. The van der Waals surface area contributed by atoms with Gasteiger partial charge in [-0.25, -0.2) is 0 Å². The van der Waals surface area contributed by atoms with Gasteiger partial charge in [0.2, 0.25) is 0 Å². The van der Waals surface area contributed by atoms with E-state index in [1.807, 2.05) is 0 Å². The molecule has 1 saturated heterocycles. The van der Waals surface area contributed by atoms with E-state index in [9.17, 15) is 0 Å². The van der Waals surface area contributed by atoms with Crippen molar-refractivity contribution in [3.05, 3.63) is 23.2 Å². The second-order valence-corrected chi connectivity index (χ2v) is 7.01. The molecule has 0 aromatic carbocycles. The van der Waals surface area contributed by atoms with Crippen molar-refractivity contribution in [2.24, 2.45) is 0 Å². The van der Waals surface area contributed by atoms with Crippen molar-refractivity contribution in [1.82, 2.24) is 15.1 Å². The molecule has 1 aromatic heterocycles. The molecule has 1 N–H and O–H groups in total. The van der Waals surface area contributed by atoms with Gasteiger partial charge in [-0.3, -0.25) is 9.80 Å². The number of rotatable bonds is 5. The molecule has 118 valence electrons. The van der Waals surface area contributed by atoms with Crippen LogP contribution >= 0.6 is 0 Å². The maximum absolute atomic E-state index is 5.91. The van der Waals surface area contributed by atoms with Crippen LogP contribution in [-0.4, -0.2) is 48.1 Å². The lowest BCUT2D eigenvalue weighted by Gasteiger charge is -2.42. The number of hydrogen-bond donors (Lipinski definition) is 1. The third-order valence-corrected chi connectivity index (χ3v) is 5.04. The third-order valence-electron chi connectivity index (χ3n) is 5.04. The van der Waals surface area contributed by atoms with Gasteiger partial charge in [0.1, 0.15) is 11.5 Å². The molecule has 1 aliphatic heterocycles. The van der Waals surface area contributed by atoms with E-state index < -0.39 is 0 Å². The Labute approximate surface area is 128 Å². The Balaban J connectivity index is 1.58. The van der Waals surface area contributed by atoms with Crippen molar-refractivity contribution in [1.29, 1.82) is 0 Å². The minimum absolute atomic E-state index is 0.622. The van der Waals surface area contributed by atoms with Gasteiger partial charge in [-0.05, 0) is 46.7 Å². The number of nitrogens with one attached hydrogen (secondary N) is 1. The lowest BCUT2D eigenvalue weighted by Crippen LogP contribution is -2.54. The summed E-state index contributed by atoms with van der Waals surface area (Å²) in [6.07, 6.45) is 2.65. The number of piperazine rings is 1. The summed E-state index contributed by atoms with van der Waals surface area (Å²) in [4.78, 5) is 5.04. The monoisotopic (exact) mass is 291 g/mol. The summed E-state index contributed by atoms with van der Waals surface area (Å²) in [7, 11) is 2.23. The van der Waals surface area contributed by atoms with Gasteiger partial charge in [-0.2, -0.15) is 0 Å². The first kappa shape index (κ1) is 15.1. The summed E-state index contributed by atoms with van der Waals surface area (Å²) in [6, 6.07) is 4.23. The Morgan fingerprint density at radius 3 is 2.52 bits per heavy atom. The molecule has 0 spiro atoms. The van der Waals surface area contributed by atoms with E-state index in [0.717, 1.165) is 43.7 Å². The number of aryl methyl sites for hydroxylation is 1. The number of likely N-dealkylation sites (N-methyl/N-ethyl adjacent to an activating group) is 1. The van der Waals surface area contributed by atoms with Crippen LogP contribution < -0.4 is 5.32 Å². The maximum Gasteiger partial charge on any atom is 0.118 e. The molecule has 2 heterocycles. The van der Waals surface area contributed by atoms with Crippen LogP contribution in [0.1, 0.15) is 43.8 Å². The van der Waals surface area contributed by atoms with Crippen molar-refractivity contribution >= 4 is 0 Å². The molecule has 0 bridgehead atoms. The van der Waals surface area contributed by atoms with Crippen LogP contribution in [0.15, 0.2) is 10.5 Å². The van der Waals surface area contributed by atoms with Crippen molar-refractivity contribution in [3.63, 3.8) is 0 Å². The van der Waals surface area contributed by atoms with E-state index in [1.165, 1.54) is 18.4 Å². The van der Waals surface area contributed by atoms with Crippen molar-refractivity contribution in [2.45, 2.75) is 64.8 Å². The summed E-state index contributed by atoms with van der Waals surface area (Å²) in [6.45, 7) is 10.9. The van der Waals surface area contributed by atoms with E-state index in [1.54, 1.807) is 0 Å². The second-order valence-electron chi connectivity index (χ2n) is 7.01. The van der Waals surface area contributed by atoms with E-state index in [4.69, 9.17) is 4.42 Å². The van der Waals surface area contributed by atoms with E-state index in [2.05, 4.69) is 49.0 Å². The first-order valence-electron chi connectivity index (χ1n) is 8.28. The molecule has 4 heteroatoms. The first-order valence-corrected chi connectivity index (χ1v) is 8.28. The molecule has 1 saturated carbocycles. The van der Waals surface area contributed by atoms with Gasteiger partial charge < -0.3 is 9.73 Å². The van der Waals surface area contributed by atoms with Gasteiger partial charge in [-0.1, -0.05) is 0 Å². The molecule has 0 amide bonds. The zero-order chi connectivity index (χ0) is 15.0. The zero-order valence-corrected chi connectivity index (χ0v) is 13.9. The van der Waals surface area contributed by atoms with E-state index in [-0.39, 0.29) is 0 Å². The predicted molar refractivity (Wildman–Crippen MR) is 85.3 cm³/mol. The molecule has 1 aromatic rings. The fraction of sp³-hybridized carbons (Fsp3) is 0.765. The summed E-state index contributed by atoms with van der Waals surface area (Å²) in [5.74, 6) is 2.17. The highest BCUT2D eigenvalue weighted by atomic mass is 16.3. The average molecular weight is 291 g/mol. The molecule has 4 nitrogen and oxygen atoms in total. The van der Waals surface area contributed by atoms with E-state index >= 15 is 0 Å². The van der Waals surface area contributed by atoms with Crippen LogP contribution in [0.4, 0.5) is 0 Å². The van der Waals surface area contributed by atoms with Gasteiger partial charge >= 0.3 is 0 Å². The number of nitrogens with zero attached hydrogens (tertiary/aromatic N) is 2. The number of furan rings is 1. The molecular weight excluding hydrogens is 262 g/mol. The van der Waals surface area contributed by atoms with Crippen LogP contribution in [0.25, 0.3) is 0 Å². The molecule has 3 rings (SSSR count). The molecule has 2 fully saturated rings. The van der Waals surface area contributed by atoms with Gasteiger partial charge in [0.25, 0.3) is 0 Å². The van der Waals surface area contributed by atoms with Gasteiger partial charge in [0, 0.05) is 43.3 Å². The SMILES string of the molecule is Cc1oc(CNC2CC2)cc1CN1CC(C)N(C)C(C)C1. The van der Waals surface area contributed by atoms with Crippen LogP contribution in [-0.2, 0) is 13.1 Å². The predicted octanol–water partition coefficient (Wildman–Crippen LogP) is 2.36. The molecule has 1 aliphatic carbocycles. The van der Waals surface area contributed by atoms with Crippen molar-refractivity contribution < 1.29 is 4.42 Å². The Morgan fingerprint density at radius 1 is 1.24 bits per heavy atom. The highest BCUT2D eigenvalue weighted by Crippen LogP contribution is 2.22. The Bertz CT molecular complexity index is 468. The quantitative estimate of drug-likeness (QED) is 0.902. The molecule has 2 aliphatic rings. The van der Waals surface area contributed by atoms with Crippen molar-refractivity contribution in [2.75, 3.05) is 20.1 Å². The van der Waals surface area contributed by atoms with Gasteiger partial charge in [-0.15, -0.1) is 0 Å². The fourth-order valence-corrected chi connectivity index (χ4v) is 3.25. The van der Waals surface area contributed by atoms with Crippen LogP contribution in [0.2, 0.25) is 0 Å². The minimum Gasteiger partial charge on any atom is -0.465 e. The lowest BCUT2D eigenvalue weighted by atomic mass is 10.1. The molecule has 2 unspecified atom stereocenters. The Kier molecular flexibility index (Phi) is 4.38. The largest absolute Gasteiger partial charge is 0.465 e. The average Bonchev–Trinajstić information content (AvgIpc) is 3.19. The lowest BCUT2D eigenvalue weighted by molar-refractivity contribution is 0.0554. The van der Waals surface area contributed by atoms with Crippen LogP contribution in [0, 0.1) is 6.92 Å². The van der Waals surface area contributed by atoms with E-state index in [0.29, 0.717) is 12.1 Å². The summed E-state index contributed by atoms with van der Waals surface area (Å²) in [5, 5.41) is 3.52. The van der Waals surface area contributed by atoms with Crippen LogP contribution in [0.5, 0.6) is 0 Å². The number of hydrogen-bond acceptors (Lipinski definition) is 4. The molecule has 2 atom stereocenters. The maximum atomic E-state index is 5.91. The minimum atomic E-state index is 0.622. The van der Waals surface area contributed by atoms with Gasteiger partial charge in [0.15, 0.2) is 0 Å². The van der Waals surface area contributed by atoms with Crippen LogP contribution in [0.3, 0.4) is 0 Å². The second kappa shape index (κ2) is 6.11. The normalized spacial score (nSPS) is 28.2.